The molecule has 0 bridgehead atoms. The van der Waals surface area contributed by atoms with Crippen molar-refractivity contribution < 1.29 is 0 Å². The Balaban J connectivity index is 2.38. The van der Waals surface area contributed by atoms with Gasteiger partial charge in [-0.3, -0.25) is 9.38 Å². The van der Waals surface area contributed by atoms with Gasteiger partial charge in [0.25, 0.3) is 0 Å². The summed E-state index contributed by atoms with van der Waals surface area (Å²) in [6, 6.07) is 5.91. The summed E-state index contributed by atoms with van der Waals surface area (Å²) in [5.74, 6) is 0.728. The fourth-order valence-corrected chi connectivity index (χ4v) is 2.19. The first-order valence-corrected chi connectivity index (χ1v) is 6.31. The van der Waals surface area contributed by atoms with Crippen LogP contribution in [0.1, 0.15) is 26.5 Å². The molecule has 0 aromatic carbocycles. The van der Waals surface area contributed by atoms with E-state index in [-0.39, 0.29) is 5.41 Å². The molecule has 3 rings (SSSR count). The molecule has 0 radical (unpaired) electrons. The number of pyridine rings is 1. The van der Waals surface area contributed by atoms with Gasteiger partial charge < -0.3 is 0 Å². The fourth-order valence-electron chi connectivity index (χ4n) is 2.19. The van der Waals surface area contributed by atoms with Crippen molar-refractivity contribution in [3.05, 3.63) is 48.7 Å². The monoisotopic (exact) mass is 252 g/mol. The van der Waals surface area contributed by atoms with E-state index in [1.165, 1.54) is 0 Å². The van der Waals surface area contributed by atoms with Gasteiger partial charge >= 0.3 is 0 Å². The van der Waals surface area contributed by atoms with E-state index in [2.05, 4.69) is 41.8 Å². The third-order valence-corrected chi connectivity index (χ3v) is 3.05. The number of nitrogens with zero attached hydrogens (tertiary/aromatic N) is 4. The Morgan fingerprint density at radius 3 is 2.63 bits per heavy atom. The molecule has 4 nitrogen and oxygen atoms in total. The minimum absolute atomic E-state index is 0.0428. The second-order valence-corrected chi connectivity index (χ2v) is 5.59. The number of aromatic nitrogens is 4. The number of hydrogen-bond donors (Lipinski definition) is 0. The van der Waals surface area contributed by atoms with Gasteiger partial charge in [-0.15, -0.1) is 0 Å². The lowest BCUT2D eigenvalue weighted by Crippen LogP contribution is -2.13. The highest BCUT2D eigenvalue weighted by molar-refractivity contribution is 5.66. The molecule has 3 heterocycles. The van der Waals surface area contributed by atoms with Crippen LogP contribution in [0.5, 0.6) is 0 Å². The maximum absolute atomic E-state index is 4.68. The molecular formula is C15H16N4. The SMILES string of the molecule is CC(C)(C)c1nc2ncccn2c1-c1cccnc1. The van der Waals surface area contributed by atoms with Crippen LogP contribution in [-0.2, 0) is 5.41 Å². The molecule has 3 aromatic rings. The van der Waals surface area contributed by atoms with Crippen molar-refractivity contribution in [2.24, 2.45) is 0 Å². The van der Waals surface area contributed by atoms with E-state index < -0.39 is 0 Å². The molecular weight excluding hydrogens is 236 g/mol. The molecule has 0 aliphatic heterocycles. The summed E-state index contributed by atoms with van der Waals surface area (Å²) in [7, 11) is 0. The summed E-state index contributed by atoms with van der Waals surface area (Å²) >= 11 is 0. The highest BCUT2D eigenvalue weighted by atomic mass is 15.1. The van der Waals surface area contributed by atoms with E-state index in [1.54, 1.807) is 12.4 Å². The lowest BCUT2D eigenvalue weighted by Gasteiger charge is -2.17. The summed E-state index contributed by atoms with van der Waals surface area (Å²) in [6.07, 6.45) is 7.40. The van der Waals surface area contributed by atoms with Crippen molar-refractivity contribution in [1.82, 2.24) is 19.4 Å². The zero-order valence-corrected chi connectivity index (χ0v) is 11.3. The molecule has 3 aromatic heterocycles. The highest BCUT2D eigenvalue weighted by Crippen LogP contribution is 2.32. The molecule has 0 spiro atoms. The maximum atomic E-state index is 4.68. The third kappa shape index (κ3) is 1.99. The van der Waals surface area contributed by atoms with Crippen molar-refractivity contribution in [2.75, 3.05) is 0 Å². The largest absolute Gasteiger partial charge is 0.283 e. The Morgan fingerprint density at radius 1 is 1.11 bits per heavy atom. The zero-order chi connectivity index (χ0) is 13.5. The number of fused-ring (bicyclic) bond motifs is 1. The van der Waals surface area contributed by atoms with Crippen LogP contribution >= 0.6 is 0 Å². The summed E-state index contributed by atoms with van der Waals surface area (Å²) < 4.78 is 2.03. The number of imidazole rings is 1. The van der Waals surface area contributed by atoms with Gasteiger partial charge in [0, 0.05) is 35.8 Å². The van der Waals surface area contributed by atoms with Crippen molar-refractivity contribution >= 4 is 5.78 Å². The van der Waals surface area contributed by atoms with Crippen LogP contribution in [0, 0.1) is 0 Å². The van der Waals surface area contributed by atoms with E-state index in [0.29, 0.717) is 0 Å². The first-order valence-electron chi connectivity index (χ1n) is 6.31. The van der Waals surface area contributed by atoms with Crippen LogP contribution < -0.4 is 0 Å². The predicted octanol–water partition coefficient (Wildman–Crippen LogP) is 3.09. The van der Waals surface area contributed by atoms with Gasteiger partial charge in [0.2, 0.25) is 5.78 Å². The Kier molecular flexibility index (Phi) is 2.59. The van der Waals surface area contributed by atoms with Gasteiger partial charge in [0.05, 0.1) is 11.4 Å². The number of rotatable bonds is 1. The van der Waals surface area contributed by atoms with Crippen molar-refractivity contribution in [3.8, 4) is 11.3 Å². The average Bonchev–Trinajstić information content (AvgIpc) is 2.79. The molecule has 0 N–H and O–H groups in total. The minimum Gasteiger partial charge on any atom is -0.283 e. The molecule has 96 valence electrons. The van der Waals surface area contributed by atoms with Crippen molar-refractivity contribution in [1.29, 1.82) is 0 Å². The third-order valence-electron chi connectivity index (χ3n) is 3.05. The topological polar surface area (TPSA) is 43.1 Å². The van der Waals surface area contributed by atoms with E-state index in [4.69, 9.17) is 0 Å². The molecule has 0 aliphatic rings. The molecule has 4 heteroatoms. The van der Waals surface area contributed by atoms with E-state index in [0.717, 1.165) is 22.7 Å². The Bertz CT molecular complexity index is 708. The lowest BCUT2D eigenvalue weighted by atomic mass is 9.89. The summed E-state index contributed by atoms with van der Waals surface area (Å²) in [5, 5.41) is 0. The quantitative estimate of drug-likeness (QED) is 0.668. The Morgan fingerprint density at radius 2 is 1.95 bits per heavy atom. The second kappa shape index (κ2) is 4.16. The standard InChI is InChI=1S/C15H16N4/c1-15(2,3)13-12(11-6-4-7-16-10-11)19-9-5-8-17-14(19)18-13/h4-10H,1-3H3. The summed E-state index contributed by atoms with van der Waals surface area (Å²) in [6.45, 7) is 6.48. The van der Waals surface area contributed by atoms with E-state index in [9.17, 15) is 0 Å². The van der Waals surface area contributed by atoms with Gasteiger partial charge in [0.1, 0.15) is 0 Å². The molecule has 0 saturated carbocycles. The van der Waals surface area contributed by atoms with Crippen LogP contribution in [0.4, 0.5) is 0 Å². The first kappa shape index (κ1) is 11.8. The van der Waals surface area contributed by atoms with Gasteiger partial charge in [0.15, 0.2) is 0 Å². The number of hydrogen-bond acceptors (Lipinski definition) is 3. The molecule has 0 unspecified atom stereocenters. The molecule has 0 amide bonds. The Labute approximate surface area is 112 Å². The van der Waals surface area contributed by atoms with E-state index >= 15 is 0 Å². The molecule has 0 saturated heterocycles. The lowest BCUT2D eigenvalue weighted by molar-refractivity contribution is 0.575. The van der Waals surface area contributed by atoms with Crippen LogP contribution in [0.3, 0.4) is 0 Å². The molecule has 0 aliphatic carbocycles. The van der Waals surface area contributed by atoms with Gasteiger partial charge in [-0.05, 0) is 18.2 Å². The zero-order valence-electron chi connectivity index (χ0n) is 11.3. The van der Waals surface area contributed by atoms with E-state index in [1.807, 2.05) is 28.9 Å². The van der Waals surface area contributed by atoms with Crippen LogP contribution in [0.15, 0.2) is 43.0 Å². The average molecular weight is 252 g/mol. The van der Waals surface area contributed by atoms with Crippen molar-refractivity contribution in [2.45, 2.75) is 26.2 Å². The maximum Gasteiger partial charge on any atom is 0.234 e. The minimum atomic E-state index is -0.0428. The molecule has 19 heavy (non-hydrogen) atoms. The Hall–Kier alpha value is -2.23. The smallest absolute Gasteiger partial charge is 0.234 e. The molecule has 0 atom stereocenters. The predicted molar refractivity (Wildman–Crippen MR) is 74.9 cm³/mol. The van der Waals surface area contributed by atoms with Gasteiger partial charge in [-0.25, -0.2) is 9.97 Å². The van der Waals surface area contributed by atoms with Crippen LogP contribution in [0.2, 0.25) is 0 Å². The van der Waals surface area contributed by atoms with Gasteiger partial charge in [-0.1, -0.05) is 20.8 Å². The van der Waals surface area contributed by atoms with Gasteiger partial charge in [-0.2, -0.15) is 0 Å². The summed E-state index contributed by atoms with van der Waals surface area (Å²) in [4.78, 5) is 13.2. The second-order valence-electron chi connectivity index (χ2n) is 5.59. The van der Waals surface area contributed by atoms with Crippen molar-refractivity contribution in [3.63, 3.8) is 0 Å². The summed E-state index contributed by atoms with van der Waals surface area (Å²) in [5.41, 5.74) is 3.13. The van der Waals surface area contributed by atoms with Crippen LogP contribution in [0.25, 0.3) is 17.0 Å². The highest BCUT2D eigenvalue weighted by Gasteiger charge is 2.25. The molecule has 0 fully saturated rings. The van der Waals surface area contributed by atoms with Crippen LogP contribution in [-0.4, -0.2) is 19.4 Å². The fraction of sp³-hybridized carbons (Fsp3) is 0.267. The first-order chi connectivity index (χ1) is 9.07. The normalized spacial score (nSPS) is 11.9.